The first-order valence-electron chi connectivity index (χ1n) is 10.2. The van der Waals surface area contributed by atoms with Gasteiger partial charge in [0.05, 0.1) is 5.92 Å². The molecule has 3 nitrogen and oxygen atoms in total. The molecular formula is C25H28N2O. The molecule has 1 saturated heterocycles. The van der Waals surface area contributed by atoms with E-state index < -0.39 is 0 Å². The molecule has 0 aliphatic carbocycles. The van der Waals surface area contributed by atoms with Gasteiger partial charge in [-0.15, -0.1) is 0 Å². The van der Waals surface area contributed by atoms with Crippen molar-refractivity contribution in [3.8, 4) is 0 Å². The summed E-state index contributed by atoms with van der Waals surface area (Å²) in [5.74, 6) is 0.194. The third kappa shape index (κ3) is 3.95. The number of amides is 1. The van der Waals surface area contributed by atoms with Crippen LogP contribution in [0.15, 0.2) is 60.7 Å². The zero-order valence-electron chi connectivity index (χ0n) is 16.7. The molecule has 1 aliphatic rings. The van der Waals surface area contributed by atoms with Gasteiger partial charge >= 0.3 is 0 Å². The van der Waals surface area contributed by atoms with Crippen molar-refractivity contribution in [3.05, 3.63) is 77.4 Å². The average molecular weight is 373 g/mol. The Balaban J connectivity index is 1.45. The van der Waals surface area contributed by atoms with E-state index in [9.17, 15) is 4.79 Å². The van der Waals surface area contributed by atoms with Gasteiger partial charge in [-0.2, -0.15) is 0 Å². The van der Waals surface area contributed by atoms with E-state index in [1.54, 1.807) is 0 Å². The van der Waals surface area contributed by atoms with Crippen LogP contribution >= 0.6 is 0 Å². The molecule has 144 valence electrons. The summed E-state index contributed by atoms with van der Waals surface area (Å²) < 4.78 is 0. The van der Waals surface area contributed by atoms with Gasteiger partial charge in [-0.05, 0) is 66.8 Å². The molecule has 3 aromatic carbocycles. The van der Waals surface area contributed by atoms with Gasteiger partial charge in [0.25, 0.3) is 0 Å². The third-order valence-corrected chi connectivity index (χ3v) is 6.01. The van der Waals surface area contributed by atoms with Gasteiger partial charge in [0.1, 0.15) is 0 Å². The highest BCUT2D eigenvalue weighted by molar-refractivity contribution is 5.93. The van der Waals surface area contributed by atoms with Gasteiger partial charge in [-0.25, -0.2) is 0 Å². The molecule has 0 saturated carbocycles. The second-order valence-corrected chi connectivity index (χ2v) is 7.95. The van der Waals surface area contributed by atoms with Gasteiger partial charge in [0.2, 0.25) is 5.91 Å². The maximum Gasteiger partial charge on any atom is 0.228 e. The lowest BCUT2D eigenvalue weighted by Crippen LogP contribution is -2.40. The fourth-order valence-corrected chi connectivity index (χ4v) is 4.21. The van der Waals surface area contributed by atoms with E-state index in [-0.39, 0.29) is 11.8 Å². The Morgan fingerprint density at radius 1 is 1.04 bits per heavy atom. The number of likely N-dealkylation sites (tertiary alicyclic amines) is 1. The Kier molecular flexibility index (Phi) is 5.45. The summed E-state index contributed by atoms with van der Waals surface area (Å²) in [7, 11) is 0. The fourth-order valence-electron chi connectivity index (χ4n) is 4.21. The molecule has 1 unspecified atom stereocenters. The number of hydrogen-bond donors (Lipinski definition) is 1. The van der Waals surface area contributed by atoms with Crippen LogP contribution < -0.4 is 5.32 Å². The summed E-state index contributed by atoms with van der Waals surface area (Å²) in [6.45, 7) is 6.92. The molecule has 1 heterocycles. The standard InChI is InChI=1S/C25H28N2O/c1-18-8-5-14-24(19(18)2)26-25(28)22-12-7-15-27(17-22)16-21-11-6-10-20-9-3-4-13-23(20)21/h3-6,8-11,13-14,22H,7,12,15-17H2,1-2H3,(H,26,28). The van der Waals surface area contributed by atoms with Crippen molar-refractivity contribution in [3.63, 3.8) is 0 Å². The smallest absolute Gasteiger partial charge is 0.228 e. The number of carbonyl (C=O) groups excluding carboxylic acids is 1. The van der Waals surface area contributed by atoms with Crippen molar-refractivity contribution in [2.45, 2.75) is 33.2 Å². The molecule has 0 spiro atoms. The quantitative estimate of drug-likeness (QED) is 0.673. The summed E-state index contributed by atoms with van der Waals surface area (Å²) in [5, 5.41) is 5.76. The number of nitrogens with one attached hydrogen (secondary N) is 1. The number of aryl methyl sites for hydroxylation is 1. The molecule has 3 aromatic rings. The number of nitrogens with zero attached hydrogens (tertiary/aromatic N) is 1. The number of rotatable bonds is 4. The minimum Gasteiger partial charge on any atom is -0.326 e. The third-order valence-electron chi connectivity index (χ3n) is 6.01. The number of fused-ring (bicyclic) bond motifs is 1. The highest BCUT2D eigenvalue weighted by Gasteiger charge is 2.26. The molecule has 0 aromatic heterocycles. The van der Waals surface area contributed by atoms with E-state index in [1.165, 1.54) is 21.9 Å². The number of piperidine rings is 1. The topological polar surface area (TPSA) is 32.3 Å². The molecule has 1 fully saturated rings. The highest BCUT2D eigenvalue weighted by atomic mass is 16.1. The lowest BCUT2D eigenvalue weighted by atomic mass is 9.95. The van der Waals surface area contributed by atoms with Crippen LogP contribution in [0.5, 0.6) is 0 Å². The van der Waals surface area contributed by atoms with E-state index in [4.69, 9.17) is 0 Å². The van der Waals surface area contributed by atoms with Crippen LogP contribution in [-0.4, -0.2) is 23.9 Å². The van der Waals surface area contributed by atoms with Gasteiger partial charge in [-0.3, -0.25) is 9.69 Å². The maximum atomic E-state index is 12.9. The van der Waals surface area contributed by atoms with Crippen molar-refractivity contribution in [1.29, 1.82) is 0 Å². The molecule has 0 bridgehead atoms. The number of anilines is 1. The van der Waals surface area contributed by atoms with Crippen molar-refractivity contribution in [2.24, 2.45) is 5.92 Å². The van der Waals surface area contributed by atoms with E-state index in [1.807, 2.05) is 12.1 Å². The average Bonchev–Trinajstić information content (AvgIpc) is 2.72. The van der Waals surface area contributed by atoms with E-state index in [2.05, 4.69) is 72.6 Å². The predicted molar refractivity (Wildman–Crippen MR) is 116 cm³/mol. The van der Waals surface area contributed by atoms with Crippen LogP contribution in [0.25, 0.3) is 10.8 Å². The Hall–Kier alpha value is -2.65. The molecule has 1 N–H and O–H groups in total. The second-order valence-electron chi connectivity index (χ2n) is 7.95. The Morgan fingerprint density at radius 3 is 2.71 bits per heavy atom. The van der Waals surface area contributed by atoms with Gasteiger partial charge < -0.3 is 5.32 Å². The number of carbonyl (C=O) groups is 1. The van der Waals surface area contributed by atoms with Crippen LogP contribution in [-0.2, 0) is 11.3 Å². The molecule has 28 heavy (non-hydrogen) atoms. The summed E-state index contributed by atoms with van der Waals surface area (Å²) in [5.41, 5.74) is 4.64. The first-order valence-corrected chi connectivity index (χ1v) is 10.2. The normalized spacial score (nSPS) is 17.6. The highest BCUT2D eigenvalue weighted by Crippen LogP contribution is 2.25. The number of hydrogen-bond acceptors (Lipinski definition) is 2. The summed E-state index contributed by atoms with van der Waals surface area (Å²) in [4.78, 5) is 15.3. The largest absolute Gasteiger partial charge is 0.326 e. The van der Waals surface area contributed by atoms with Crippen LogP contribution in [0.3, 0.4) is 0 Å². The maximum absolute atomic E-state index is 12.9. The van der Waals surface area contributed by atoms with Crippen molar-refractivity contribution < 1.29 is 4.79 Å². The molecule has 1 atom stereocenters. The van der Waals surface area contributed by atoms with E-state index >= 15 is 0 Å². The summed E-state index contributed by atoms with van der Waals surface area (Å²) in [6.07, 6.45) is 2.03. The van der Waals surface area contributed by atoms with Crippen LogP contribution in [0.1, 0.15) is 29.5 Å². The monoisotopic (exact) mass is 372 g/mol. The van der Waals surface area contributed by atoms with Crippen LogP contribution in [0.2, 0.25) is 0 Å². The molecule has 3 heteroatoms. The predicted octanol–water partition coefficient (Wildman–Crippen LogP) is 5.31. The van der Waals surface area contributed by atoms with Crippen molar-refractivity contribution >= 4 is 22.4 Å². The Bertz CT molecular complexity index is 990. The lowest BCUT2D eigenvalue weighted by molar-refractivity contribution is -0.121. The van der Waals surface area contributed by atoms with E-state index in [0.29, 0.717) is 0 Å². The fraction of sp³-hybridized carbons (Fsp3) is 0.320. The zero-order chi connectivity index (χ0) is 19.5. The van der Waals surface area contributed by atoms with E-state index in [0.717, 1.165) is 43.7 Å². The molecule has 0 radical (unpaired) electrons. The Morgan fingerprint density at radius 2 is 1.82 bits per heavy atom. The van der Waals surface area contributed by atoms with Crippen LogP contribution in [0.4, 0.5) is 5.69 Å². The first kappa shape index (κ1) is 18.7. The van der Waals surface area contributed by atoms with Crippen molar-refractivity contribution in [2.75, 3.05) is 18.4 Å². The SMILES string of the molecule is Cc1cccc(NC(=O)C2CCCN(Cc3cccc4ccccc34)C2)c1C. The lowest BCUT2D eigenvalue weighted by Gasteiger charge is -2.32. The Labute approximate surface area is 167 Å². The van der Waals surface area contributed by atoms with Gasteiger partial charge in [0, 0.05) is 18.8 Å². The molecule has 4 rings (SSSR count). The van der Waals surface area contributed by atoms with Gasteiger partial charge in [-0.1, -0.05) is 54.6 Å². The molecular weight excluding hydrogens is 344 g/mol. The minimum atomic E-state index is 0.0450. The van der Waals surface area contributed by atoms with Crippen molar-refractivity contribution in [1.82, 2.24) is 4.90 Å². The van der Waals surface area contributed by atoms with Crippen LogP contribution in [0, 0.1) is 19.8 Å². The number of benzene rings is 3. The second kappa shape index (κ2) is 8.15. The van der Waals surface area contributed by atoms with Gasteiger partial charge in [0.15, 0.2) is 0 Å². The minimum absolute atomic E-state index is 0.0450. The zero-order valence-corrected chi connectivity index (χ0v) is 16.7. The molecule has 1 amide bonds. The molecule has 1 aliphatic heterocycles. The summed E-state index contributed by atoms with van der Waals surface area (Å²) in [6, 6.07) is 21.1. The first-order chi connectivity index (χ1) is 13.6. The summed E-state index contributed by atoms with van der Waals surface area (Å²) >= 11 is 0.